The van der Waals surface area contributed by atoms with Crippen molar-refractivity contribution in [3.8, 4) is 0 Å². The summed E-state index contributed by atoms with van der Waals surface area (Å²) >= 11 is 3.55. The van der Waals surface area contributed by atoms with E-state index in [0.29, 0.717) is 0 Å². The van der Waals surface area contributed by atoms with Crippen LogP contribution in [0.2, 0.25) is 0 Å². The van der Waals surface area contributed by atoms with E-state index in [1.165, 1.54) is 12.7 Å². The zero-order valence-electron chi connectivity index (χ0n) is 11.9. The van der Waals surface area contributed by atoms with Crippen LogP contribution in [0.15, 0.2) is 28.7 Å². The minimum absolute atomic E-state index is 0.0331. The fourth-order valence-corrected chi connectivity index (χ4v) is 2.50. The van der Waals surface area contributed by atoms with E-state index in [9.17, 15) is 4.79 Å². The molecule has 0 aliphatic heterocycles. The maximum absolute atomic E-state index is 11.6. The molecule has 0 aliphatic carbocycles. The summed E-state index contributed by atoms with van der Waals surface area (Å²) in [7, 11) is 3.49. The van der Waals surface area contributed by atoms with Crippen LogP contribution in [0.3, 0.4) is 0 Å². The highest BCUT2D eigenvalue weighted by Crippen LogP contribution is 2.16. The van der Waals surface area contributed by atoms with Crippen molar-refractivity contribution < 1.29 is 9.53 Å². The van der Waals surface area contributed by atoms with E-state index < -0.39 is 0 Å². The van der Waals surface area contributed by atoms with Gasteiger partial charge in [0.15, 0.2) is 0 Å². The maximum atomic E-state index is 11.6. The van der Waals surface area contributed by atoms with Gasteiger partial charge in [0.1, 0.15) is 0 Å². The van der Waals surface area contributed by atoms with E-state index in [1.807, 2.05) is 26.1 Å². The van der Waals surface area contributed by atoms with Crippen LogP contribution in [-0.4, -0.2) is 38.1 Å². The van der Waals surface area contributed by atoms with Gasteiger partial charge in [0.05, 0.1) is 13.0 Å². The van der Waals surface area contributed by atoms with Crippen LogP contribution in [0.4, 0.5) is 0 Å². The number of esters is 1. The summed E-state index contributed by atoms with van der Waals surface area (Å²) in [6.07, 6.45) is 1.78. The number of methoxy groups -OCH3 is 1. The second-order valence-electron chi connectivity index (χ2n) is 4.73. The third-order valence-corrected chi connectivity index (χ3v) is 4.05. The first-order valence-electron chi connectivity index (χ1n) is 6.58. The molecule has 0 N–H and O–H groups in total. The molecule has 0 aliphatic rings. The van der Waals surface area contributed by atoms with Gasteiger partial charge in [0.25, 0.3) is 0 Å². The van der Waals surface area contributed by atoms with Crippen LogP contribution in [0.25, 0.3) is 0 Å². The zero-order valence-corrected chi connectivity index (χ0v) is 13.4. The van der Waals surface area contributed by atoms with Gasteiger partial charge in [-0.15, -0.1) is 0 Å². The van der Waals surface area contributed by atoms with E-state index >= 15 is 0 Å². The van der Waals surface area contributed by atoms with Crippen LogP contribution in [0, 0.1) is 5.92 Å². The molecule has 0 saturated heterocycles. The van der Waals surface area contributed by atoms with Crippen molar-refractivity contribution in [2.45, 2.75) is 19.8 Å². The van der Waals surface area contributed by atoms with E-state index in [4.69, 9.17) is 4.74 Å². The van der Waals surface area contributed by atoms with E-state index in [1.54, 1.807) is 0 Å². The van der Waals surface area contributed by atoms with Gasteiger partial charge in [0.2, 0.25) is 0 Å². The van der Waals surface area contributed by atoms with Gasteiger partial charge in [-0.1, -0.05) is 41.1 Å². The molecule has 1 aromatic rings. The second-order valence-corrected chi connectivity index (χ2v) is 5.59. The largest absolute Gasteiger partial charge is 0.469 e. The molecule has 3 nitrogen and oxygen atoms in total. The number of hydrogen-bond acceptors (Lipinski definition) is 3. The SMILES string of the molecule is CCC(CN(C)CCc1ccccc1Br)C(=O)OC. The molecule has 0 heterocycles. The minimum Gasteiger partial charge on any atom is -0.469 e. The summed E-state index contributed by atoms with van der Waals surface area (Å²) in [5, 5.41) is 0. The summed E-state index contributed by atoms with van der Waals surface area (Å²) in [6, 6.07) is 8.24. The van der Waals surface area contributed by atoms with E-state index in [0.717, 1.165) is 30.4 Å². The molecule has 4 heteroatoms. The molecule has 0 bridgehead atoms. The number of likely N-dealkylation sites (N-methyl/N-ethyl adjacent to an activating group) is 1. The second kappa shape index (κ2) is 8.33. The summed E-state index contributed by atoms with van der Waals surface area (Å²) in [4.78, 5) is 13.7. The highest BCUT2D eigenvalue weighted by Gasteiger charge is 2.18. The minimum atomic E-state index is -0.116. The number of hydrogen-bond donors (Lipinski definition) is 0. The number of rotatable bonds is 7. The molecular weight excluding hydrogens is 306 g/mol. The van der Waals surface area contributed by atoms with Crippen molar-refractivity contribution in [2.24, 2.45) is 5.92 Å². The predicted octanol–water partition coefficient (Wildman–Crippen LogP) is 3.12. The van der Waals surface area contributed by atoms with E-state index in [2.05, 4.69) is 33.0 Å². The first-order valence-corrected chi connectivity index (χ1v) is 7.37. The van der Waals surface area contributed by atoms with Crippen molar-refractivity contribution in [1.82, 2.24) is 4.90 Å². The summed E-state index contributed by atoms with van der Waals surface area (Å²) < 4.78 is 5.95. The summed E-state index contributed by atoms with van der Waals surface area (Å²) in [5.74, 6) is -0.149. The molecule has 106 valence electrons. The highest BCUT2D eigenvalue weighted by molar-refractivity contribution is 9.10. The van der Waals surface area contributed by atoms with Gasteiger partial charge in [-0.25, -0.2) is 0 Å². The van der Waals surface area contributed by atoms with Crippen LogP contribution in [-0.2, 0) is 16.0 Å². The fourth-order valence-electron chi connectivity index (χ4n) is 2.02. The molecule has 0 spiro atoms. The van der Waals surface area contributed by atoms with Gasteiger partial charge in [-0.3, -0.25) is 4.79 Å². The van der Waals surface area contributed by atoms with Crippen molar-refractivity contribution in [2.75, 3.05) is 27.2 Å². The van der Waals surface area contributed by atoms with Crippen molar-refractivity contribution in [3.63, 3.8) is 0 Å². The van der Waals surface area contributed by atoms with Gasteiger partial charge in [0, 0.05) is 17.6 Å². The molecule has 0 radical (unpaired) electrons. The first-order chi connectivity index (χ1) is 9.08. The lowest BCUT2D eigenvalue weighted by atomic mass is 10.1. The van der Waals surface area contributed by atoms with Crippen molar-refractivity contribution in [1.29, 1.82) is 0 Å². The lowest BCUT2D eigenvalue weighted by Crippen LogP contribution is -2.32. The fraction of sp³-hybridized carbons (Fsp3) is 0.533. The van der Waals surface area contributed by atoms with Gasteiger partial charge in [-0.2, -0.15) is 0 Å². The van der Waals surface area contributed by atoms with Crippen molar-refractivity contribution in [3.05, 3.63) is 34.3 Å². The van der Waals surface area contributed by atoms with Crippen molar-refractivity contribution >= 4 is 21.9 Å². The Balaban J connectivity index is 2.45. The molecule has 1 rings (SSSR count). The van der Waals surface area contributed by atoms with Gasteiger partial charge in [-0.05, 0) is 31.5 Å². The Kier molecular flexibility index (Phi) is 7.10. The smallest absolute Gasteiger partial charge is 0.309 e. The van der Waals surface area contributed by atoms with Gasteiger partial charge < -0.3 is 9.64 Å². The number of ether oxygens (including phenoxy) is 1. The molecule has 0 amide bonds. The lowest BCUT2D eigenvalue weighted by Gasteiger charge is -2.21. The average molecular weight is 328 g/mol. The standard InChI is InChI=1S/C15H22BrNO2/c1-4-12(15(18)19-3)11-17(2)10-9-13-7-5-6-8-14(13)16/h5-8,12H,4,9-11H2,1-3H3. The van der Waals surface area contributed by atoms with Crippen LogP contribution < -0.4 is 0 Å². The normalized spacial score (nSPS) is 12.5. The Morgan fingerprint density at radius 3 is 2.68 bits per heavy atom. The molecule has 0 saturated carbocycles. The molecule has 0 aromatic heterocycles. The Labute approximate surface area is 124 Å². The lowest BCUT2D eigenvalue weighted by molar-refractivity contribution is -0.146. The van der Waals surface area contributed by atoms with Crippen LogP contribution >= 0.6 is 15.9 Å². The highest BCUT2D eigenvalue weighted by atomic mass is 79.9. The monoisotopic (exact) mass is 327 g/mol. The number of carbonyl (C=O) groups is 1. The Hall–Kier alpha value is -0.870. The van der Waals surface area contributed by atoms with Crippen LogP contribution in [0.1, 0.15) is 18.9 Å². The molecule has 1 atom stereocenters. The topological polar surface area (TPSA) is 29.5 Å². The zero-order chi connectivity index (χ0) is 14.3. The average Bonchev–Trinajstić information content (AvgIpc) is 2.43. The molecule has 1 aromatic carbocycles. The quantitative estimate of drug-likeness (QED) is 0.720. The third kappa shape index (κ3) is 5.33. The molecular formula is C15H22BrNO2. The number of nitrogens with zero attached hydrogens (tertiary/aromatic N) is 1. The van der Waals surface area contributed by atoms with Crippen LogP contribution in [0.5, 0.6) is 0 Å². The number of halogens is 1. The maximum Gasteiger partial charge on any atom is 0.309 e. The Morgan fingerprint density at radius 1 is 1.42 bits per heavy atom. The van der Waals surface area contributed by atoms with Gasteiger partial charge >= 0.3 is 5.97 Å². The third-order valence-electron chi connectivity index (χ3n) is 3.28. The molecule has 1 unspecified atom stereocenters. The first kappa shape index (κ1) is 16.2. The molecule has 19 heavy (non-hydrogen) atoms. The Morgan fingerprint density at radius 2 is 2.11 bits per heavy atom. The van der Waals surface area contributed by atoms with E-state index in [-0.39, 0.29) is 11.9 Å². The summed E-state index contributed by atoms with van der Waals surface area (Å²) in [5.41, 5.74) is 1.29. The predicted molar refractivity (Wildman–Crippen MR) is 81.1 cm³/mol. The summed E-state index contributed by atoms with van der Waals surface area (Å²) in [6.45, 7) is 3.69. The number of benzene rings is 1. The molecule has 0 fully saturated rings. The number of carbonyl (C=O) groups excluding carboxylic acids is 1. The Bertz CT molecular complexity index is 409.